The average Bonchev–Trinajstić information content (AvgIpc) is 2.70. The first-order valence-corrected chi connectivity index (χ1v) is 9.25. The molecule has 26 heavy (non-hydrogen) atoms. The van der Waals surface area contributed by atoms with Crippen LogP contribution in [0, 0.1) is 11.7 Å². The Kier molecular flexibility index (Phi) is 5.81. The topological polar surface area (TPSA) is 49.3 Å². The molecule has 0 saturated carbocycles. The van der Waals surface area contributed by atoms with Crippen LogP contribution in [0.2, 0.25) is 0 Å². The van der Waals surface area contributed by atoms with Crippen LogP contribution in [0.4, 0.5) is 10.2 Å². The zero-order chi connectivity index (χ0) is 18.5. The number of amides is 1. The normalized spacial score (nSPS) is 14.8. The SMILES string of the molecule is CCC(CC)C(=O)N1CCN(c2ccc(-c3ccc(F)cc3)nn2)CC1. The van der Waals surface area contributed by atoms with E-state index in [1.807, 2.05) is 17.0 Å². The van der Waals surface area contributed by atoms with Gasteiger partial charge in [-0.3, -0.25) is 4.79 Å². The van der Waals surface area contributed by atoms with Gasteiger partial charge in [-0.1, -0.05) is 13.8 Å². The predicted molar refractivity (Wildman–Crippen MR) is 100 cm³/mol. The number of carbonyl (C=O) groups is 1. The average molecular weight is 356 g/mol. The van der Waals surface area contributed by atoms with Crippen LogP contribution in [0.5, 0.6) is 0 Å². The largest absolute Gasteiger partial charge is 0.352 e. The van der Waals surface area contributed by atoms with Gasteiger partial charge >= 0.3 is 0 Å². The lowest BCUT2D eigenvalue weighted by molar-refractivity contribution is -0.136. The lowest BCUT2D eigenvalue weighted by Crippen LogP contribution is -2.50. The minimum atomic E-state index is -0.265. The van der Waals surface area contributed by atoms with E-state index >= 15 is 0 Å². The summed E-state index contributed by atoms with van der Waals surface area (Å²) in [6.07, 6.45) is 1.79. The minimum Gasteiger partial charge on any atom is -0.352 e. The maximum absolute atomic E-state index is 13.0. The molecular formula is C20H25FN4O. The van der Waals surface area contributed by atoms with Gasteiger partial charge in [0.2, 0.25) is 5.91 Å². The van der Waals surface area contributed by atoms with Crippen LogP contribution >= 0.6 is 0 Å². The Bertz CT molecular complexity index is 720. The fourth-order valence-electron chi connectivity index (χ4n) is 3.32. The summed E-state index contributed by atoms with van der Waals surface area (Å²) in [6.45, 7) is 7.10. The molecule has 0 spiro atoms. The second-order valence-electron chi connectivity index (χ2n) is 6.61. The number of rotatable bonds is 5. The number of carbonyl (C=O) groups excluding carboxylic acids is 1. The van der Waals surface area contributed by atoms with Crippen molar-refractivity contribution in [3.05, 3.63) is 42.2 Å². The van der Waals surface area contributed by atoms with Gasteiger partial charge in [0.05, 0.1) is 5.69 Å². The van der Waals surface area contributed by atoms with Crippen LogP contribution in [-0.2, 0) is 4.79 Å². The van der Waals surface area contributed by atoms with Crippen molar-refractivity contribution in [2.45, 2.75) is 26.7 Å². The van der Waals surface area contributed by atoms with Crippen molar-refractivity contribution in [3.8, 4) is 11.3 Å². The minimum absolute atomic E-state index is 0.135. The standard InChI is InChI=1S/C20H25FN4O/c1-3-15(4-2)20(26)25-13-11-24(12-14-25)19-10-9-18(22-23-19)16-5-7-17(21)8-6-16/h5-10,15H,3-4,11-14H2,1-2H3. The van der Waals surface area contributed by atoms with Crippen molar-refractivity contribution in [2.24, 2.45) is 5.92 Å². The summed E-state index contributed by atoms with van der Waals surface area (Å²) >= 11 is 0. The fourth-order valence-corrected chi connectivity index (χ4v) is 3.32. The molecule has 2 aromatic rings. The maximum Gasteiger partial charge on any atom is 0.225 e. The molecule has 1 aliphatic rings. The van der Waals surface area contributed by atoms with Gasteiger partial charge in [-0.2, -0.15) is 0 Å². The Morgan fingerprint density at radius 1 is 1.00 bits per heavy atom. The molecular weight excluding hydrogens is 331 g/mol. The van der Waals surface area contributed by atoms with Crippen molar-refractivity contribution >= 4 is 11.7 Å². The molecule has 1 aromatic carbocycles. The molecule has 2 heterocycles. The number of benzene rings is 1. The summed E-state index contributed by atoms with van der Waals surface area (Å²) in [6, 6.07) is 10.1. The van der Waals surface area contributed by atoms with E-state index in [-0.39, 0.29) is 17.6 Å². The summed E-state index contributed by atoms with van der Waals surface area (Å²) < 4.78 is 13.0. The molecule has 0 aliphatic carbocycles. The monoisotopic (exact) mass is 356 g/mol. The van der Waals surface area contributed by atoms with Crippen molar-refractivity contribution < 1.29 is 9.18 Å². The second kappa shape index (κ2) is 8.25. The highest BCUT2D eigenvalue weighted by Crippen LogP contribution is 2.20. The lowest BCUT2D eigenvalue weighted by atomic mass is 10.0. The molecule has 0 atom stereocenters. The smallest absolute Gasteiger partial charge is 0.225 e. The van der Waals surface area contributed by atoms with Gasteiger partial charge in [-0.25, -0.2) is 4.39 Å². The van der Waals surface area contributed by atoms with Crippen molar-refractivity contribution in [3.63, 3.8) is 0 Å². The van der Waals surface area contributed by atoms with Crippen LogP contribution in [0.3, 0.4) is 0 Å². The van der Waals surface area contributed by atoms with Gasteiger partial charge in [0.15, 0.2) is 5.82 Å². The molecule has 1 amide bonds. The van der Waals surface area contributed by atoms with Crippen molar-refractivity contribution in [2.75, 3.05) is 31.1 Å². The maximum atomic E-state index is 13.0. The van der Waals surface area contributed by atoms with E-state index in [0.717, 1.165) is 56.1 Å². The van der Waals surface area contributed by atoms with Crippen LogP contribution in [0.25, 0.3) is 11.3 Å². The quantitative estimate of drug-likeness (QED) is 0.824. The second-order valence-corrected chi connectivity index (χ2v) is 6.61. The molecule has 0 radical (unpaired) electrons. The molecule has 3 rings (SSSR count). The Hall–Kier alpha value is -2.50. The van der Waals surface area contributed by atoms with Gasteiger partial charge in [0.1, 0.15) is 5.82 Å². The molecule has 1 aliphatic heterocycles. The third-order valence-electron chi connectivity index (χ3n) is 5.04. The molecule has 6 heteroatoms. The first kappa shape index (κ1) is 18.3. The third kappa shape index (κ3) is 4.00. The van der Waals surface area contributed by atoms with Crippen molar-refractivity contribution in [1.82, 2.24) is 15.1 Å². The zero-order valence-corrected chi connectivity index (χ0v) is 15.4. The van der Waals surface area contributed by atoms with E-state index in [1.54, 1.807) is 12.1 Å². The van der Waals surface area contributed by atoms with Crippen molar-refractivity contribution in [1.29, 1.82) is 0 Å². The Morgan fingerprint density at radius 2 is 1.65 bits per heavy atom. The number of hydrogen-bond donors (Lipinski definition) is 0. The van der Waals surface area contributed by atoms with Crippen LogP contribution < -0.4 is 4.90 Å². The summed E-state index contributed by atoms with van der Waals surface area (Å²) in [7, 11) is 0. The predicted octanol–water partition coefficient (Wildman–Crippen LogP) is 3.37. The summed E-state index contributed by atoms with van der Waals surface area (Å²) in [5.41, 5.74) is 1.56. The lowest BCUT2D eigenvalue weighted by Gasteiger charge is -2.36. The molecule has 0 unspecified atom stereocenters. The highest BCUT2D eigenvalue weighted by molar-refractivity contribution is 5.79. The Balaban J connectivity index is 1.61. The molecule has 0 N–H and O–H groups in total. The number of anilines is 1. The number of aromatic nitrogens is 2. The molecule has 1 fully saturated rings. The third-order valence-corrected chi connectivity index (χ3v) is 5.04. The molecule has 138 valence electrons. The number of hydrogen-bond acceptors (Lipinski definition) is 4. The van der Waals surface area contributed by atoms with Crippen LogP contribution in [-0.4, -0.2) is 47.2 Å². The molecule has 0 bridgehead atoms. The fraction of sp³-hybridized carbons (Fsp3) is 0.450. The van der Waals surface area contributed by atoms with E-state index in [0.29, 0.717) is 0 Å². The highest BCUT2D eigenvalue weighted by Gasteiger charge is 2.26. The number of halogens is 1. The van der Waals surface area contributed by atoms with Gasteiger partial charge in [-0.05, 0) is 49.2 Å². The molecule has 5 nitrogen and oxygen atoms in total. The van der Waals surface area contributed by atoms with E-state index in [2.05, 4.69) is 28.9 Å². The van der Waals surface area contributed by atoms with E-state index in [1.165, 1.54) is 12.1 Å². The summed E-state index contributed by atoms with van der Waals surface area (Å²) in [5.74, 6) is 0.952. The van der Waals surface area contributed by atoms with Gasteiger partial charge in [-0.15, -0.1) is 10.2 Å². The van der Waals surface area contributed by atoms with Gasteiger partial charge in [0, 0.05) is 37.7 Å². The number of nitrogens with zero attached hydrogens (tertiary/aromatic N) is 4. The highest BCUT2D eigenvalue weighted by atomic mass is 19.1. The number of piperazine rings is 1. The molecule has 1 saturated heterocycles. The van der Waals surface area contributed by atoms with E-state index < -0.39 is 0 Å². The van der Waals surface area contributed by atoms with Gasteiger partial charge < -0.3 is 9.80 Å². The van der Waals surface area contributed by atoms with E-state index in [9.17, 15) is 9.18 Å². The summed E-state index contributed by atoms with van der Waals surface area (Å²) in [4.78, 5) is 16.6. The Morgan fingerprint density at radius 3 is 2.19 bits per heavy atom. The first-order chi connectivity index (χ1) is 12.6. The van der Waals surface area contributed by atoms with Crippen LogP contribution in [0.1, 0.15) is 26.7 Å². The Labute approximate surface area is 153 Å². The van der Waals surface area contributed by atoms with E-state index in [4.69, 9.17) is 0 Å². The van der Waals surface area contributed by atoms with Crippen LogP contribution in [0.15, 0.2) is 36.4 Å². The first-order valence-electron chi connectivity index (χ1n) is 9.25. The summed E-state index contributed by atoms with van der Waals surface area (Å²) in [5, 5.41) is 8.59. The van der Waals surface area contributed by atoms with Gasteiger partial charge in [0.25, 0.3) is 0 Å². The zero-order valence-electron chi connectivity index (χ0n) is 15.4. The molecule has 1 aromatic heterocycles.